The molecular weight excluding hydrogens is 311 g/mol. The fourth-order valence-corrected chi connectivity index (χ4v) is 3.72. The summed E-state index contributed by atoms with van der Waals surface area (Å²) < 4.78 is 24.1. The lowest BCUT2D eigenvalue weighted by atomic mass is 10.3. The summed E-state index contributed by atoms with van der Waals surface area (Å²) in [6, 6.07) is 4.61. The minimum atomic E-state index is -3.85. The Morgan fingerprint density at radius 2 is 2.00 bits per heavy atom. The van der Waals surface area contributed by atoms with Crippen molar-refractivity contribution in [2.75, 3.05) is 13.2 Å². The van der Waals surface area contributed by atoms with E-state index in [1.165, 1.54) is 16.7 Å². The number of aromatic carboxylic acids is 1. The van der Waals surface area contributed by atoms with Crippen molar-refractivity contribution < 1.29 is 28.6 Å². The van der Waals surface area contributed by atoms with Gasteiger partial charge in [0.25, 0.3) is 0 Å². The number of fused-ring (bicyclic) bond motifs is 1. The Morgan fingerprint density at radius 3 is 2.55 bits per heavy atom. The lowest BCUT2D eigenvalue weighted by molar-refractivity contribution is 0.0687. The zero-order chi connectivity index (χ0) is 16.3. The summed E-state index contributed by atoms with van der Waals surface area (Å²) in [4.78, 5) is 15.2. The summed E-state index contributed by atoms with van der Waals surface area (Å²) in [5, 5.41) is 19.7. The number of rotatable bonds is 7. The molecule has 2 N–H and O–H groups in total. The van der Waals surface area contributed by atoms with Crippen LogP contribution < -0.4 is 0 Å². The molecule has 0 spiro atoms. The Labute approximate surface area is 126 Å². The van der Waals surface area contributed by atoms with Crippen molar-refractivity contribution >= 4 is 19.2 Å². The van der Waals surface area contributed by atoms with E-state index in [2.05, 4.69) is 4.98 Å². The van der Waals surface area contributed by atoms with Crippen LogP contribution in [0.1, 0.15) is 35.9 Å². The molecular formula is C13H17N2O6P. The molecule has 0 fully saturated rings. The topological polar surface area (TPSA) is 110 Å². The van der Waals surface area contributed by atoms with Crippen LogP contribution in [0.4, 0.5) is 0 Å². The number of carboxylic acid groups (broad SMARTS) is 1. The molecule has 0 aliphatic carbocycles. The first kappa shape index (κ1) is 16.6. The van der Waals surface area contributed by atoms with Crippen LogP contribution in [0.3, 0.4) is 0 Å². The average molecular weight is 328 g/mol. The fraction of sp³-hybridized carbons (Fsp3) is 0.385. The van der Waals surface area contributed by atoms with Crippen LogP contribution in [0.2, 0.25) is 0 Å². The van der Waals surface area contributed by atoms with Gasteiger partial charge in [0, 0.05) is 0 Å². The third-order valence-electron chi connectivity index (χ3n) is 2.96. The van der Waals surface area contributed by atoms with E-state index in [0.717, 1.165) is 0 Å². The molecule has 0 bridgehead atoms. The highest BCUT2D eigenvalue weighted by Crippen LogP contribution is 2.59. The molecule has 1 atom stereocenters. The van der Waals surface area contributed by atoms with E-state index in [0.29, 0.717) is 5.65 Å². The van der Waals surface area contributed by atoms with E-state index in [1.807, 2.05) is 0 Å². The molecule has 9 heteroatoms. The monoisotopic (exact) mass is 328 g/mol. The highest BCUT2D eigenvalue weighted by Gasteiger charge is 2.37. The number of hydrogen-bond acceptors (Lipinski definition) is 6. The summed E-state index contributed by atoms with van der Waals surface area (Å²) in [7, 11) is -3.85. The van der Waals surface area contributed by atoms with Crippen molar-refractivity contribution in [2.24, 2.45) is 0 Å². The molecule has 1 unspecified atom stereocenters. The Bertz CT molecular complexity index is 718. The van der Waals surface area contributed by atoms with Crippen molar-refractivity contribution in [3.63, 3.8) is 0 Å². The smallest absolute Gasteiger partial charge is 0.364 e. The van der Waals surface area contributed by atoms with Gasteiger partial charge < -0.3 is 19.3 Å². The zero-order valence-electron chi connectivity index (χ0n) is 12.2. The van der Waals surface area contributed by atoms with E-state index in [4.69, 9.17) is 9.05 Å². The van der Waals surface area contributed by atoms with Crippen molar-refractivity contribution in [2.45, 2.75) is 19.7 Å². The number of aromatic nitrogens is 2. The summed E-state index contributed by atoms with van der Waals surface area (Å²) in [6.07, 6.45) is 1.17. The normalized spacial score (nSPS) is 13.4. The summed E-state index contributed by atoms with van der Waals surface area (Å²) >= 11 is 0. The summed E-state index contributed by atoms with van der Waals surface area (Å²) in [5.41, 5.74) is 0.246. The lowest BCUT2D eigenvalue weighted by Crippen LogP contribution is -2.12. The maximum Gasteiger partial charge on any atom is 0.364 e. The Morgan fingerprint density at radius 1 is 1.36 bits per heavy atom. The molecule has 0 radical (unpaired) electrons. The predicted molar refractivity (Wildman–Crippen MR) is 78.0 cm³/mol. The van der Waals surface area contributed by atoms with Gasteiger partial charge in [0.15, 0.2) is 11.5 Å². The second-order valence-corrected chi connectivity index (χ2v) is 6.43. The number of aliphatic hydroxyl groups is 1. The van der Waals surface area contributed by atoms with Gasteiger partial charge in [-0.2, -0.15) is 0 Å². The zero-order valence-corrected chi connectivity index (χ0v) is 13.1. The largest absolute Gasteiger partial charge is 0.477 e. The van der Waals surface area contributed by atoms with Crippen LogP contribution in [-0.2, 0) is 13.6 Å². The van der Waals surface area contributed by atoms with Crippen molar-refractivity contribution in [3.05, 3.63) is 35.8 Å². The van der Waals surface area contributed by atoms with Gasteiger partial charge in [0.05, 0.1) is 25.1 Å². The lowest BCUT2D eigenvalue weighted by Gasteiger charge is -2.23. The third-order valence-corrected chi connectivity index (χ3v) is 5.06. The average Bonchev–Trinajstić information content (AvgIpc) is 2.91. The van der Waals surface area contributed by atoms with Crippen LogP contribution >= 0.6 is 7.60 Å². The molecule has 2 heterocycles. The fourth-order valence-electron chi connectivity index (χ4n) is 2.12. The second kappa shape index (κ2) is 6.58. The molecule has 120 valence electrons. The number of aliphatic hydroxyl groups excluding tert-OH is 1. The predicted octanol–water partition coefficient (Wildman–Crippen LogP) is 2.29. The number of carboxylic acids is 1. The molecule has 0 saturated heterocycles. The third kappa shape index (κ3) is 2.91. The molecule has 2 rings (SSSR count). The molecule has 0 amide bonds. The SMILES string of the molecule is CCOP(=O)(OCC)C(O)c1cccc2ncc(C(=O)O)n12. The van der Waals surface area contributed by atoms with Gasteiger partial charge in [0.1, 0.15) is 5.65 Å². The Hall–Kier alpha value is -1.73. The molecule has 8 nitrogen and oxygen atoms in total. The molecule has 0 aliphatic heterocycles. The van der Waals surface area contributed by atoms with Crippen LogP contribution in [-0.4, -0.2) is 38.8 Å². The van der Waals surface area contributed by atoms with Crippen molar-refractivity contribution in [1.29, 1.82) is 0 Å². The number of carbonyl (C=O) groups is 1. The number of imidazole rings is 1. The molecule has 0 aliphatic rings. The van der Waals surface area contributed by atoms with Crippen LogP contribution in [0.25, 0.3) is 5.65 Å². The van der Waals surface area contributed by atoms with Crippen molar-refractivity contribution in [3.8, 4) is 0 Å². The maximum absolute atomic E-state index is 12.7. The van der Waals surface area contributed by atoms with Crippen LogP contribution in [0, 0.1) is 0 Å². The van der Waals surface area contributed by atoms with Gasteiger partial charge >= 0.3 is 13.6 Å². The minimum absolute atomic E-state index is 0.0811. The van der Waals surface area contributed by atoms with Gasteiger partial charge in [-0.15, -0.1) is 0 Å². The van der Waals surface area contributed by atoms with Gasteiger partial charge in [0.2, 0.25) is 0 Å². The highest BCUT2D eigenvalue weighted by atomic mass is 31.2. The highest BCUT2D eigenvalue weighted by molar-refractivity contribution is 7.54. The number of nitrogens with zero attached hydrogens (tertiary/aromatic N) is 2. The maximum atomic E-state index is 12.7. The molecule has 0 saturated carbocycles. The minimum Gasteiger partial charge on any atom is -0.477 e. The quantitative estimate of drug-likeness (QED) is 0.750. The Balaban J connectivity index is 2.60. The summed E-state index contributed by atoms with van der Waals surface area (Å²) in [5.74, 6) is -2.83. The molecule has 2 aromatic rings. The summed E-state index contributed by atoms with van der Waals surface area (Å²) in [6.45, 7) is 3.41. The van der Waals surface area contributed by atoms with Crippen molar-refractivity contribution in [1.82, 2.24) is 9.38 Å². The Kier molecular flexibility index (Phi) is 4.97. The molecule has 22 heavy (non-hydrogen) atoms. The van der Waals surface area contributed by atoms with Gasteiger partial charge in [-0.1, -0.05) is 6.07 Å². The van der Waals surface area contributed by atoms with Gasteiger partial charge in [-0.25, -0.2) is 9.78 Å². The number of pyridine rings is 1. The first-order chi connectivity index (χ1) is 10.4. The van der Waals surface area contributed by atoms with Crippen LogP contribution in [0.15, 0.2) is 24.4 Å². The standard InChI is InChI=1S/C13H17N2O6P/c1-3-20-22(19,21-4-2)13(18)9-6-5-7-11-14-8-10(12(16)17)15(9)11/h5-8,13,18H,3-4H2,1-2H3,(H,16,17). The number of hydrogen-bond donors (Lipinski definition) is 2. The van der Waals surface area contributed by atoms with E-state index < -0.39 is 19.4 Å². The van der Waals surface area contributed by atoms with E-state index in [-0.39, 0.29) is 24.6 Å². The second-order valence-electron chi connectivity index (χ2n) is 4.34. The van der Waals surface area contributed by atoms with Gasteiger partial charge in [-0.05, 0) is 26.0 Å². The van der Waals surface area contributed by atoms with Gasteiger partial charge in [-0.3, -0.25) is 8.97 Å². The molecule has 0 aromatic carbocycles. The molecule has 2 aromatic heterocycles. The van der Waals surface area contributed by atoms with E-state index >= 15 is 0 Å². The van der Waals surface area contributed by atoms with E-state index in [9.17, 15) is 19.6 Å². The van der Waals surface area contributed by atoms with E-state index in [1.54, 1.807) is 26.0 Å². The first-order valence-corrected chi connectivity index (χ1v) is 8.32. The van der Waals surface area contributed by atoms with Crippen LogP contribution in [0.5, 0.6) is 0 Å². The first-order valence-electron chi connectivity index (χ1n) is 6.71.